The fraction of sp³-hybridized carbons (Fsp3) is 0.556. The molecule has 0 spiro atoms. The summed E-state index contributed by atoms with van der Waals surface area (Å²) in [6.07, 6.45) is -8.54. The number of aromatic amines is 1. The van der Waals surface area contributed by atoms with E-state index < -0.39 is 24.2 Å². The topological polar surface area (TPSA) is 57.8 Å². The number of imidazole rings is 1. The average molecular weight is 289 g/mol. The SMILES string of the molecule is O=C(NCCc1ncc[nH]1)C(C(F)(F)F)C(F)(F)F. The minimum absolute atomic E-state index is 0.00116. The number of carbonyl (C=O) groups is 1. The summed E-state index contributed by atoms with van der Waals surface area (Å²) in [6, 6.07) is 0. The first kappa shape index (κ1) is 15.3. The molecule has 0 saturated heterocycles. The van der Waals surface area contributed by atoms with Crippen LogP contribution in [0.1, 0.15) is 5.82 Å². The van der Waals surface area contributed by atoms with E-state index in [-0.39, 0.29) is 13.0 Å². The molecule has 4 nitrogen and oxygen atoms in total. The number of rotatable bonds is 4. The van der Waals surface area contributed by atoms with Crippen molar-refractivity contribution >= 4 is 5.91 Å². The monoisotopic (exact) mass is 289 g/mol. The second-order valence-electron chi connectivity index (χ2n) is 3.59. The highest BCUT2D eigenvalue weighted by molar-refractivity contribution is 5.80. The smallest absolute Gasteiger partial charge is 0.355 e. The molecule has 1 amide bonds. The summed E-state index contributed by atoms with van der Waals surface area (Å²) >= 11 is 0. The summed E-state index contributed by atoms with van der Waals surface area (Å²) in [7, 11) is 0. The van der Waals surface area contributed by atoms with Gasteiger partial charge in [-0.2, -0.15) is 26.3 Å². The Hall–Kier alpha value is -1.74. The van der Waals surface area contributed by atoms with Gasteiger partial charge in [0.15, 0.2) is 0 Å². The molecule has 1 aromatic heterocycles. The van der Waals surface area contributed by atoms with Crippen molar-refractivity contribution < 1.29 is 31.1 Å². The third-order valence-electron chi connectivity index (χ3n) is 2.13. The highest BCUT2D eigenvalue weighted by Crippen LogP contribution is 2.39. The van der Waals surface area contributed by atoms with E-state index in [0.29, 0.717) is 5.82 Å². The molecule has 0 fully saturated rings. The number of hydrogen-bond donors (Lipinski definition) is 2. The highest BCUT2D eigenvalue weighted by Gasteiger charge is 2.60. The molecule has 19 heavy (non-hydrogen) atoms. The summed E-state index contributed by atoms with van der Waals surface area (Å²) < 4.78 is 73.0. The van der Waals surface area contributed by atoms with Crippen LogP contribution in [0.5, 0.6) is 0 Å². The fourth-order valence-electron chi connectivity index (χ4n) is 1.32. The van der Waals surface area contributed by atoms with Crippen LogP contribution in [-0.4, -0.2) is 34.8 Å². The Labute approximate surface area is 103 Å². The molecular formula is C9H9F6N3O. The summed E-state index contributed by atoms with van der Waals surface area (Å²) in [6.45, 7) is -0.380. The van der Waals surface area contributed by atoms with Crippen molar-refractivity contribution in [2.45, 2.75) is 18.8 Å². The summed E-state index contributed by atoms with van der Waals surface area (Å²) in [5.74, 6) is -5.79. The summed E-state index contributed by atoms with van der Waals surface area (Å²) in [4.78, 5) is 17.3. The maximum Gasteiger partial charge on any atom is 0.409 e. The Morgan fingerprint density at radius 2 is 1.84 bits per heavy atom. The zero-order valence-corrected chi connectivity index (χ0v) is 9.27. The molecule has 1 heterocycles. The number of nitrogens with zero attached hydrogens (tertiary/aromatic N) is 1. The van der Waals surface area contributed by atoms with Crippen LogP contribution in [-0.2, 0) is 11.2 Å². The molecule has 2 N–H and O–H groups in total. The molecule has 1 aromatic rings. The van der Waals surface area contributed by atoms with Crippen LogP contribution in [0, 0.1) is 5.92 Å². The Morgan fingerprint density at radius 1 is 1.26 bits per heavy atom. The molecular weight excluding hydrogens is 280 g/mol. The quantitative estimate of drug-likeness (QED) is 0.831. The largest absolute Gasteiger partial charge is 0.409 e. The Balaban J connectivity index is 2.58. The fourth-order valence-corrected chi connectivity index (χ4v) is 1.32. The van der Waals surface area contributed by atoms with Gasteiger partial charge >= 0.3 is 12.4 Å². The molecule has 1 rings (SSSR count). The van der Waals surface area contributed by atoms with Gasteiger partial charge in [0.25, 0.3) is 0 Å². The van der Waals surface area contributed by atoms with Crippen molar-refractivity contribution in [1.29, 1.82) is 0 Å². The lowest BCUT2D eigenvalue weighted by Gasteiger charge is -2.21. The standard InChI is InChI=1S/C9H9F6N3O/c10-8(11,12)6(9(13,14)15)7(19)18-2-1-5-16-3-4-17-5/h3-4,6H,1-2H2,(H,16,17)(H,18,19). The average Bonchev–Trinajstić information content (AvgIpc) is 2.65. The van der Waals surface area contributed by atoms with E-state index >= 15 is 0 Å². The molecule has 0 atom stereocenters. The van der Waals surface area contributed by atoms with E-state index in [1.807, 2.05) is 0 Å². The van der Waals surface area contributed by atoms with E-state index in [1.54, 1.807) is 5.32 Å². The first-order chi connectivity index (χ1) is 8.62. The van der Waals surface area contributed by atoms with Crippen LogP contribution in [0.15, 0.2) is 12.4 Å². The summed E-state index contributed by atoms with van der Waals surface area (Å²) in [5.41, 5.74) is 0. The van der Waals surface area contributed by atoms with Gasteiger partial charge in [-0.05, 0) is 0 Å². The number of carbonyl (C=O) groups excluding carboxylic acids is 1. The number of nitrogens with one attached hydrogen (secondary N) is 2. The van der Waals surface area contributed by atoms with E-state index in [2.05, 4.69) is 9.97 Å². The van der Waals surface area contributed by atoms with Gasteiger partial charge in [0, 0.05) is 25.4 Å². The molecule has 10 heteroatoms. The highest BCUT2D eigenvalue weighted by atomic mass is 19.4. The predicted molar refractivity (Wildman–Crippen MR) is 50.9 cm³/mol. The maximum absolute atomic E-state index is 12.2. The summed E-state index contributed by atoms with van der Waals surface area (Å²) in [5, 5.41) is 1.60. The Bertz CT molecular complexity index is 397. The number of aromatic nitrogens is 2. The van der Waals surface area contributed by atoms with E-state index in [0.717, 1.165) is 0 Å². The molecule has 0 aliphatic rings. The third-order valence-corrected chi connectivity index (χ3v) is 2.13. The van der Waals surface area contributed by atoms with Crippen molar-refractivity contribution in [1.82, 2.24) is 15.3 Å². The molecule has 0 unspecified atom stereocenters. The lowest BCUT2D eigenvalue weighted by Crippen LogP contribution is -2.48. The lowest BCUT2D eigenvalue weighted by molar-refractivity contribution is -0.274. The van der Waals surface area contributed by atoms with Crippen molar-refractivity contribution in [2.75, 3.05) is 6.54 Å². The Kier molecular flexibility index (Phi) is 4.43. The van der Waals surface area contributed by atoms with Crippen LogP contribution in [0.25, 0.3) is 0 Å². The van der Waals surface area contributed by atoms with Crippen LogP contribution >= 0.6 is 0 Å². The van der Waals surface area contributed by atoms with Gasteiger partial charge in [-0.15, -0.1) is 0 Å². The second kappa shape index (κ2) is 5.49. The maximum atomic E-state index is 12.2. The van der Waals surface area contributed by atoms with Gasteiger partial charge in [0.05, 0.1) is 0 Å². The normalized spacial score (nSPS) is 12.8. The van der Waals surface area contributed by atoms with E-state index in [9.17, 15) is 31.1 Å². The van der Waals surface area contributed by atoms with Crippen molar-refractivity contribution in [3.05, 3.63) is 18.2 Å². The van der Waals surface area contributed by atoms with Gasteiger partial charge in [-0.1, -0.05) is 0 Å². The molecule has 0 saturated carbocycles. The van der Waals surface area contributed by atoms with E-state index in [1.165, 1.54) is 12.4 Å². The molecule has 0 radical (unpaired) electrons. The number of halogens is 6. The molecule has 0 aliphatic carbocycles. The number of hydrogen-bond acceptors (Lipinski definition) is 2. The first-order valence-corrected chi connectivity index (χ1v) is 5.01. The number of H-pyrrole nitrogens is 1. The van der Waals surface area contributed by atoms with Crippen LogP contribution in [0.3, 0.4) is 0 Å². The molecule has 108 valence electrons. The lowest BCUT2D eigenvalue weighted by atomic mass is 10.1. The van der Waals surface area contributed by atoms with Gasteiger partial charge < -0.3 is 10.3 Å². The van der Waals surface area contributed by atoms with Gasteiger partial charge in [0.2, 0.25) is 11.8 Å². The minimum atomic E-state index is -5.67. The second-order valence-corrected chi connectivity index (χ2v) is 3.59. The zero-order chi connectivity index (χ0) is 14.7. The first-order valence-electron chi connectivity index (χ1n) is 5.01. The predicted octanol–water partition coefficient (Wildman–Crippen LogP) is 1.81. The van der Waals surface area contributed by atoms with Crippen LogP contribution in [0.2, 0.25) is 0 Å². The number of amides is 1. The number of alkyl halides is 6. The molecule has 0 aliphatic heterocycles. The van der Waals surface area contributed by atoms with Crippen LogP contribution in [0.4, 0.5) is 26.3 Å². The molecule has 0 aromatic carbocycles. The van der Waals surface area contributed by atoms with Crippen molar-refractivity contribution in [3.63, 3.8) is 0 Å². The minimum Gasteiger partial charge on any atom is -0.355 e. The van der Waals surface area contributed by atoms with Crippen LogP contribution < -0.4 is 5.32 Å². The third kappa shape index (κ3) is 4.45. The van der Waals surface area contributed by atoms with Gasteiger partial charge in [-0.3, -0.25) is 4.79 Å². The van der Waals surface area contributed by atoms with Crippen molar-refractivity contribution in [2.24, 2.45) is 5.92 Å². The Morgan fingerprint density at radius 3 is 2.26 bits per heavy atom. The van der Waals surface area contributed by atoms with Gasteiger partial charge in [-0.25, -0.2) is 4.98 Å². The van der Waals surface area contributed by atoms with Gasteiger partial charge in [0.1, 0.15) is 5.82 Å². The van der Waals surface area contributed by atoms with E-state index in [4.69, 9.17) is 0 Å². The van der Waals surface area contributed by atoms with Crippen molar-refractivity contribution in [3.8, 4) is 0 Å². The molecule has 0 bridgehead atoms. The zero-order valence-electron chi connectivity index (χ0n) is 9.27.